The maximum absolute atomic E-state index is 12.4. The molecule has 1 unspecified atom stereocenters. The van der Waals surface area contributed by atoms with E-state index in [9.17, 15) is 4.79 Å². The minimum atomic E-state index is 0. The standard InChI is InChI=1S/C24H36N6O.HI/c1-5-21-20(22(6-2)29(4)28-21)16-27-24(25-3)26-15-19-14-23(31)30(17-19)13-12-18-10-8-7-9-11-18;/h7-11,19H,5-6,12-17H2,1-4H3,(H2,25,26,27);1H. The van der Waals surface area contributed by atoms with E-state index < -0.39 is 0 Å². The van der Waals surface area contributed by atoms with Crippen molar-refractivity contribution in [3.05, 3.63) is 52.8 Å². The van der Waals surface area contributed by atoms with Gasteiger partial charge in [-0.15, -0.1) is 24.0 Å². The molecule has 1 atom stereocenters. The summed E-state index contributed by atoms with van der Waals surface area (Å²) in [4.78, 5) is 18.8. The number of amides is 1. The molecule has 176 valence electrons. The average molecular weight is 553 g/mol. The summed E-state index contributed by atoms with van der Waals surface area (Å²) in [6.45, 7) is 7.33. The van der Waals surface area contributed by atoms with E-state index in [1.807, 2.05) is 34.8 Å². The van der Waals surface area contributed by atoms with Crippen molar-refractivity contribution in [2.45, 2.75) is 46.1 Å². The van der Waals surface area contributed by atoms with E-state index in [0.29, 0.717) is 18.9 Å². The fourth-order valence-corrected chi connectivity index (χ4v) is 4.34. The Morgan fingerprint density at radius 1 is 1.19 bits per heavy atom. The Morgan fingerprint density at radius 3 is 2.59 bits per heavy atom. The van der Waals surface area contributed by atoms with E-state index in [1.165, 1.54) is 16.8 Å². The Bertz CT molecular complexity index is 895. The van der Waals surface area contributed by atoms with Crippen LogP contribution in [0.5, 0.6) is 0 Å². The first kappa shape index (κ1) is 26.2. The number of nitrogens with zero attached hydrogens (tertiary/aromatic N) is 4. The van der Waals surface area contributed by atoms with Crippen LogP contribution in [0, 0.1) is 5.92 Å². The van der Waals surface area contributed by atoms with Gasteiger partial charge in [0.2, 0.25) is 5.91 Å². The maximum Gasteiger partial charge on any atom is 0.223 e. The van der Waals surface area contributed by atoms with Gasteiger partial charge in [0.1, 0.15) is 0 Å². The summed E-state index contributed by atoms with van der Waals surface area (Å²) >= 11 is 0. The molecule has 1 aliphatic heterocycles. The van der Waals surface area contributed by atoms with Crippen LogP contribution in [0.25, 0.3) is 0 Å². The molecule has 7 nitrogen and oxygen atoms in total. The van der Waals surface area contributed by atoms with Crippen LogP contribution in [0.1, 0.15) is 42.8 Å². The lowest BCUT2D eigenvalue weighted by atomic mass is 10.1. The Kier molecular flexibility index (Phi) is 10.5. The SMILES string of the molecule is CCc1nn(C)c(CC)c1CNC(=NC)NCC1CC(=O)N(CCc2ccccc2)C1.I. The summed E-state index contributed by atoms with van der Waals surface area (Å²) in [5, 5.41) is 11.5. The molecule has 2 heterocycles. The van der Waals surface area contributed by atoms with Gasteiger partial charge in [-0.2, -0.15) is 5.10 Å². The van der Waals surface area contributed by atoms with Crippen LogP contribution < -0.4 is 10.6 Å². The number of hydrogen-bond donors (Lipinski definition) is 2. The highest BCUT2D eigenvalue weighted by atomic mass is 127. The van der Waals surface area contributed by atoms with Gasteiger partial charge in [0, 0.05) is 63.9 Å². The Hall–Kier alpha value is -2.10. The van der Waals surface area contributed by atoms with Crippen LogP contribution in [0.3, 0.4) is 0 Å². The first-order valence-corrected chi connectivity index (χ1v) is 11.3. The van der Waals surface area contributed by atoms with Crippen LogP contribution in [-0.2, 0) is 37.6 Å². The summed E-state index contributed by atoms with van der Waals surface area (Å²) in [5.74, 6) is 1.32. The lowest BCUT2D eigenvalue weighted by Gasteiger charge is -2.18. The molecule has 1 aromatic heterocycles. The Labute approximate surface area is 209 Å². The summed E-state index contributed by atoms with van der Waals surface area (Å²) < 4.78 is 1.99. The molecular formula is C24H37IN6O. The molecule has 8 heteroatoms. The molecule has 32 heavy (non-hydrogen) atoms. The first-order valence-electron chi connectivity index (χ1n) is 11.3. The highest BCUT2D eigenvalue weighted by Crippen LogP contribution is 2.18. The fourth-order valence-electron chi connectivity index (χ4n) is 4.34. The number of rotatable bonds is 9. The maximum atomic E-state index is 12.4. The lowest BCUT2D eigenvalue weighted by molar-refractivity contribution is -0.127. The number of aliphatic imine (C=N–C) groups is 1. The molecule has 0 radical (unpaired) electrons. The first-order chi connectivity index (χ1) is 15.0. The summed E-state index contributed by atoms with van der Waals surface area (Å²) in [6, 6.07) is 10.3. The predicted octanol–water partition coefficient (Wildman–Crippen LogP) is 2.92. The van der Waals surface area contributed by atoms with Gasteiger partial charge in [0.05, 0.1) is 5.69 Å². The second-order valence-electron chi connectivity index (χ2n) is 8.15. The van der Waals surface area contributed by atoms with Crippen LogP contribution in [-0.4, -0.2) is 53.2 Å². The molecule has 1 amide bonds. The minimum absolute atomic E-state index is 0. The molecule has 1 aromatic carbocycles. The highest BCUT2D eigenvalue weighted by Gasteiger charge is 2.29. The minimum Gasteiger partial charge on any atom is -0.356 e. The van der Waals surface area contributed by atoms with Crippen molar-refractivity contribution in [2.24, 2.45) is 18.0 Å². The highest BCUT2D eigenvalue weighted by molar-refractivity contribution is 14.0. The van der Waals surface area contributed by atoms with Gasteiger partial charge >= 0.3 is 0 Å². The number of guanidine groups is 1. The monoisotopic (exact) mass is 552 g/mol. The lowest BCUT2D eigenvalue weighted by Crippen LogP contribution is -2.40. The van der Waals surface area contributed by atoms with Gasteiger partial charge in [0.25, 0.3) is 0 Å². The number of benzene rings is 1. The van der Waals surface area contributed by atoms with E-state index in [1.54, 1.807) is 7.05 Å². The van der Waals surface area contributed by atoms with Gasteiger partial charge in [0.15, 0.2) is 5.96 Å². The summed E-state index contributed by atoms with van der Waals surface area (Å²) in [7, 11) is 3.79. The number of likely N-dealkylation sites (tertiary alicyclic amines) is 1. The normalized spacial score (nSPS) is 16.2. The molecule has 0 aliphatic carbocycles. The van der Waals surface area contributed by atoms with Crippen molar-refractivity contribution in [3.8, 4) is 0 Å². The van der Waals surface area contributed by atoms with Crippen molar-refractivity contribution >= 4 is 35.8 Å². The van der Waals surface area contributed by atoms with Crippen LogP contribution >= 0.6 is 24.0 Å². The second-order valence-corrected chi connectivity index (χ2v) is 8.15. The number of nitrogens with one attached hydrogen (secondary N) is 2. The molecule has 0 spiro atoms. The van der Waals surface area contributed by atoms with Crippen molar-refractivity contribution < 1.29 is 4.79 Å². The van der Waals surface area contributed by atoms with Gasteiger partial charge in [-0.05, 0) is 24.8 Å². The molecule has 0 saturated carbocycles. The summed E-state index contributed by atoms with van der Waals surface area (Å²) in [6.07, 6.45) is 3.37. The number of hydrogen-bond acceptors (Lipinski definition) is 3. The molecular weight excluding hydrogens is 515 g/mol. The molecule has 3 rings (SSSR count). The van der Waals surface area contributed by atoms with Crippen LogP contribution in [0.15, 0.2) is 35.3 Å². The summed E-state index contributed by atoms with van der Waals surface area (Å²) in [5.41, 5.74) is 4.93. The van der Waals surface area contributed by atoms with E-state index in [4.69, 9.17) is 0 Å². The van der Waals surface area contributed by atoms with Crippen molar-refractivity contribution in [1.82, 2.24) is 25.3 Å². The van der Waals surface area contributed by atoms with E-state index in [2.05, 4.69) is 46.7 Å². The van der Waals surface area contributed by atoms with Crippen LogP contribution in [0.2, 0.25) is 0 Å². The zero-order chi connectivity index (χ0) is 22.2. The Morgan fingerprint density at radius 2 is 1.94 bits per heavy atom. The van der Waals surface area contributed by atoms with Crippen molar-refractivity contribution in [1.29, 1.82) is 0 Å². The number of aromatic nitrogens is 2. The smallest absolute Gasteiger partial charge is 0.223 e. The number of aryl methyl sites for hydroxylation is 2. The van der Waals surface area contributed by atoms with Gasteiger partial charge in [-0.1, -0.05) is 44.2 Å². The largest absolute Gasteiger partial charge is 0.356 e. The predicted molar refractivity (Wildman–Crippen MR) is 140 cm³/mol. The molecule has 2 aromatic rings. The Balaban J connectivity index is 0.00000363. The molecule has 1 aliphatic rings. The van der Waals surface area contributed by atoms with E-state index in [-0.39, 0.29) is 29.9 Å². The number of carbonyl (C=O) groups is 1. The van der Waals surface area contributed by atoms with Gasteiger partial charge in [-0.3, -0.25) is 14.5 Å². The van der Waals surface area contributed by atoms with Gasteiger partial charge in [-0.25, -0.2) is 0 Å². The van der Waals surface area contributed by atoms with Crippen LogP contribution in [0.4, 0.5) is 0 Å². The third-order valence-electron chi connectivity index (χ3n) is 6.05. The topological polar surface area (TPSA) is 74.5 Å². The quantitative estimate of drug-likeness (QED) is 0.285. The average Bonchev–Trinajstić information content (AvgIpc) is 3.30. The van der Waals surface area contributed by atoms with Crippen molar-refractivity contribution in [2.75, 3.05) is 26.7 Å². The third-order valence-corrected chi connectivity index (χ3v) is 6.05. The third kappa shape index (κ3) is 6.70. The van der Waals surface area contributed by atoms with E-state index in [0.717, 1.165) is 50.6 Å². The number of carbonyl (C=O) groups excluding carboxylic acids is 1. The second kappa shape index (κ2) is 12.8. The fraction of sp³-hybridized carbons (Fsp3) is 0.542. The molecule has 1 fully saturated rings. The molecule has 2 N–H and O–H groups in total. The molecule has 1 saturated heterocycles. The van der Waals surface area contributed by atoms with Gasteiger partial charge < -0.3 is 15.5 Å². The zero-order valence-corrected chi connectivity index (χ0v) is 22.1. The number of halogens is 1. The van der Waals surface area contributed by atoms with Crippen molar-refractivity contribution in [3.63, 3.8) is 0 Å². The molecule has 0 bridgehead atoms. The van der Waals surface area contributed by atoms with E-state index >= 15 is 0 Å². The zero-order valence-electron chi connectivity index (χ0n) is 19.7.